The number of halogens is 1. The average Bonchev–Trinajstić information content (AvgIpc) is 3.29. The molecule has 0 radical (unpaired) electrons. The SMILES string of the molecule is Cc1ccc([C@H](Nc2nsnc2Nc2ccc(Cl)c(S(=O)(=O)N(C)C)c2O)C(C)(C)C)o1. The maximum atomic E-state index is 12.6. The first kappa shape index (κ1) is 24.3. The van der Waals surface area contributed by atoms with Crippen LogP contribution in [0.4, 0.5) is 17.3 Å². The number of hydrogen-bond donors (Lipinski definition) is 3. The van der Waals surface area contributed by atoms with Crippen LogP contribution in [-0.2, 0) is 10.0 Å². The highest BCUT2D eigenvalue weighted by Gasteiger charge is 2.31. The largest absolute Gasteiger partial charge is 0.504 e. The van der Waals surface area contributed by atoms with E-state index in [0.717, 1.165) is 27.6 Å². The van der Waals surface area contributed by atoms with Gasteiger partial charge in [-0.05, 0) is 36.6 Å². The van der Waals surface area contributed by atoms with E-state index < -0.39 is 15.8 Å². The number of aromatic nitrogens is 2. The van der Waals surface area contributed by atoms with E-state index in [9.17, 15) is 13.5 Å². The van der Waals surface area contributed by atoms with Crippen molar-refractivity contribution in [3.05, 3.63) is 40.8 Å². The molecule has 0 aliphatic rings. The molecule has 0 unspecified atom stereocenters. The smallest absolute Gasteiger partial charge is 0.247 e. The lowest BCUT2D eigenvalue weighted by Crippen LogP contribution is -2.25. The van der Waals surface area contributed by atoms with Crippen molar-refractivity contribution >= 4 is 50.7 Å². The van der Waals surface area contributed by atoms with Gasteiger partial charge >= 0.3 is 0 Å². The van der Waals surface area contributed by atoms with Gasteiger partial charge in [0.05, 0.1) is 28.5 Å². The summed E-state index contributed by atoms with van der Waals surface area (Å²) in [5, 5.41) is 16.9. The van der Waals surface area contributed by atoms with Gasteiger partial charge in [0.2, 0.25) is 10.0 Å². The quantitative estimate of drug-likeness (QED) is 0.389. The summed E-state index contributed by atoms with van der Waals surface area (Å²) in [4.78, 5) is -0.384. The molecule has 1 aromatic carbocycles. The number of rotatable bonds is 7. The second-order valence-corrected chi connectivity index (χ2v) is 11.6. The molecule has 0 spiro atoms. The van der Waals surface area contributed by atoms with Crippen LogP contribution in [0.5, 0.6) is 5.75 Å². The second-order valence-electron chi connectivity index (χ2n) is 8.54. The van der Waals surface area contributed by atoms with E-state index in [-0.39, 0.29) is 27.1 Å². The molecule has 3 N–H and O–H groups in total. The lowest BCUT2D eigenvalue weighted by molar-refractivity contribution is 0.300. The van der Waals surface area contributed by atoms with Crippen LogP contribution < -0.4 is 10.6 Å². The van der Waals surface area contributed by atoms with Crippen LogP contribution in [-0.4, -0.2) is 40.7 Å². The first-order chi connectivity index (χ1) is 14.8. The van der Waals surface area contributed by atoms with Crippen LogP contribution in [0.15, 0.2) is 33.6 Å². The number of phenolic OH excluding ortho intramolecular Hbond substituents is 1. The molecule has 2 aromatic heterocycles. The minimum Gasteiger partial charge on any atom is -0.504 e. The zero-order valence-electron chi connectivity index (χ0n) is 18.6. The lowest BCUT2D eigenvalue weighted by atomic mass is 9.85. The first-order valence-electron chi connectivity index (χ1n) is 9.69. The normalized spacial score (nSPS) is 13.4. The number of nitrogens with one attached hydrogen (secondary N) is 2. The Labute approximate surface area is 196 Å². The molecule has 0 saturated heterocycles. The van der Waals surface area contributed by atoms with Crippen molar-refractivity contribution in [1.82, 2.24) is 13.1 Å². The van der Waals surface area contributed by atoms with Crippen molar-refractivity contribution in [3.8, 4) is 5.75 Å². The predicted octanol–water partition coefficient (Wildman–Crippen LogP) is 4.99. The van der Waals surface area contributed by atoms with Gasteiger partial charge in [0.25, 0.3) is 0 Å². The Morgan fingerprint density at radius 3 is 2.38 bits per heavy atom. The van der Waals surface area contributed by atoms with Crippen molar-refractivity contribution < 1.29 is 17.9 Å². The number of hydrogen-bond acceptors (Lipinski definition) is 9. The minimum absolute atomic E-state index is 0.0857. The van der Waals surface area contributed by atoms with Gasteiger partial charge in [-0.2, -0.15) is 8.75 Å². The van der Waals surface area contributed by atoms with Crippen molar-refractivity contribution in [3.63, 3.8) is 0 Å². The second kappa shape index (κ2) is 8.89. The van der Waals surface area contributed by atoms with Gasteiger partial charge in [-0.1, -0.05) is 32.4 Å². The fourth-order valence-electron chi connectivity index (χ4n) is 3.03. The highest BCUT2D eigenvalue weighted by Crippen LogP contribution is 2.41. The Morgan fingerprint density at radius 2 is 1.81 bits per heavy atom. The van der Waals surface area contributed by atoms with Crippen LogP contribution in [0.2, 0.25) is 5.02 Å². The molecule has 3 aromatic rings. The van der Waals surface area contributed by atoms with Gasteiger partial charge in [-0.15, -0.1) is 0 Å². The number of anilines is 3. The number of nitrogens with zero attached hydrogens (tertiary/aromatic N) is 3. The Bertz CT molecular complexity index is 1220. The van der Waals surface area contributed by atoms with E-state index in [1.54, 1.807) is 0 Å². The van der Waals surface area contributed by atoms with Crippen LogP contribution >= 0.6 is 23.3 Å². The lowest BCUT2D eigenvalue weighted by Gasteiger charge is -2.30. The van der Waals surface area contributed by atoms with E-state index in [2.05, 4.69) is 40.2 Å². The molecular weight excluding hydrogens is 474 g/mol. The molecule has 0 saturated carbocycles. The summed E-state index contributed by atoms with van der Waals surface area (Å²) >= 11 is 7.06. The van der Waals surface area contributed by atoms with E-state index in [4.69, 9.17) is 16.0 Å². The first-order valence-corrected chi connectivity index (χ1v) is 12.2. The summed E-state index contributed by atoms with van der Waals surface area (Å²) in [7, 11) is -1.25. The summed E-state index contributed by atoms with van der Waals surface area (Å²) < 4.78 is 40.6. The molecule has 3 rings (SSSR count). The highest BCUT2D eigenvalue weighted by molar-refractivity contribution is 7.89. The molecule has 1 atom stereocenters. The molecule has 174 valence electrons. The van der Waals surface area contributed by atoms with Crippen LogP contribution in [0.25, 0.3) is 0 Å². The number of aryl methyl sites for hydroxylation is 1. The third-order valence-corrected chi connectivity index (χ3v) is 7.60. The van der Waals surface area contributed by atoms with Gasteiger partial charge in [0, 0.05) is 14.1 Å². The maximum absolute atomic E-state index is 12.6. The Balaban J connectivity index is 1.96. The summed E-state index contributed by atoms with van der Waals surface area (Å²) in [6, 6.07) is 6.47. The van der Waals surface area contributed by atoms with Crippen molar-refractivity contribution in [1.29, 1.82) is 0 Å². The van der Waals surface area contributed by atoms with E-state index in [1.807, 2.05) is 19.1 Å². The van der Waals surface area contributed by atoms with Gasteiger partial charge in [0.1, 0.15) is 16.4 Å². The van der Waals surface area contributed by atoms with E-state index >= 15 is 0 Å². The zero-order valence-corrected chi connectivity index (χ0v) is 21.0. The summed E-state index contributed by atoms with van der Waals surface area (Å²) in [6.07, 6.45) is 0. The summed E-state index contributed by atoms with van der Waals surface area (Å²) in [5.41, 5.74) is -0.0904. The van der Waals surface area contributed by atoms with E-state index in [1.165, 1.54) is 26.2 Å². The fraction of sp³-hybridized carbons (Fsp3) is 0.400. The molecule has 0 amide bonds. The molecule has 12 heteroatoms. The molecule has 0 aliphatic heterocycles. The minimum atomic E-state index is -3.97. The molecule has 0 fully saturated rings. The summed E-state index contributed by atoms with van der Waals surface area (Å²) in [5.74, 6) is 1.82. The Hall–Kier alpha value is -2.34. The average molecular weight is 500 g/mol. The van der Waals surface area contributed by atoms with Crippen LogP contribution in [0.3, 0.4) is 0 Å². The number of sulfonamides is 1. The third kappa shape index (κ3) is 4.85. The number of phenols is 1. The standard InChI is InChI=1S/C20H26ClN5O4S2/c1-11-7-10-14(30-11)17(20(2,3)4)23-19-18(24-31-25-19)22-13-9-8-12(21)16(15(13)27)32(28,29)26(5)6/h7-10,17,27H,1-6H3,(H,22,24)(H,23,25)/t17-/m0/s1. The predicted molar refractivity (Wildman–Crippen MR) is 126 cm³/mol. The zero-order chi connectivity index (χ0) is 23.8. The van der Waals surface area contributed by atoms with Crippen LogP contribution in [0.1, 0.15) is 38.3 Å². The number of aromatic hydroxyl groups is 1. The molecule has 2 heterocycles. The van der Waals surface area contributed by atoms with Crippen molar-refractivity contribution in [2.45, 2.75) is 38.6 Å². The monoisotopic (exact) mass is 499 g/mol. The Kier molecular flexibility index (Phi) is 6.75. The molecule has 0 bridgehead atoms. The molecule has 9 nitrogen and oxygen atoms in total. The van der Waals surface area contributed by atoms with E-state index in [0.29, 0.717) is 11.6 Å². The molecule has 0 aliphatic carbocycles. The highest BCUT2D eigenvalue weighted by atomic mass is 35.5. The Morgan fingerprint density at radius 1 is 1.16 bits per heavy atom. The number of benzene rings is 1. The maximum Gasteiger partial charge on any atom is 0.247 e. The third-order valence-electron chi connectivity index (χ3n) is 4.76. The molecule has 32 heavy (non-hydrogen) atoms. The van der Waals surface area contributed by atoms with Gasteiger partial charge in [-0.25, -0.2) is 12.7 Å². The van der Waals surface area contributed by atoms with Crippen molar-refractivity contribution in [2.75, 3.05) is 24.7 Å². The molecular formula is C20H26ClN5O4S2. The summed E-state index contributed by atoms with van der Waals surface area (Å²) in [6.45, 7) is 8.08. The van der Waals surface area contributed by atoms with Gasteiger partial charge in [-0.3, -0.25) is 0 Å². The van der Waals surface area contributed by atoms with Gasteiger partial charge < -0.3 is 20.2 Å². The fourth-order valence-corrected chi connectivity index (χ4v) is 4.98. The van der Waals surface area contributed by atoms with Gasteiger partial charge in [0.15, 0.2) is 17.4 Å². The van der Waals surface area contributed by atoms with Crippen molar-refractivity contribution in [2.24, 2.45) is 5.41 Å². The number of furan rings is 1. The topological polar surface area (TPSA) is 121 Å². The van der Waals surface area contributed by atoms with Crippen LogP contribution in [0, 0.1) is 12.3 Å².